The lowest BCUT2D eigenvalue weighted by molar-refractivity contribution is 0.952. The van der Waals surface area contributed by atoms with Crippen LogP contribution < -0.4 is 0 Å². The fourth-order valence-electron chi connectivity index (χ4n) is 8.27. The third-order valence-corrected chi connectivity index (χ3v) is 10.8. The van der Waals surface area contributed by atoms with Crippen LogP contribution in [0.3, 0.4) is 0 Å². The molecule has 0 radical (unpaired) electrons. The Morgan fingerprint density at radius 1 is 0.286 bits per heavy atom. The highest BCUT2D eigenvalue weighted by Crippen LogP contribution is 2.39. The molecule has 0 fully saturated rings. The van der Waals surface area contributed by atoms with E-state index in [1.807, 2.05) is 6.07 Å². The Morgan fingerprint density at radius 2 is 0.750 bits per heavy atom. The van der Waals surface area contributed by atoms with E-state index >= 15 is 0 Å². The molecular formula is C51H33N5. The number of fused-ring (bicyclic) bond motifs is 6. The van der Waals surface area contributed by atoms with Crippen molar-refractivity contribution in [3.8, 4) is 56.7 Å². The fourth-order valence-corrected chi connectivity index (χ4v) is 8.27. The van der Waals surface area contributed by atoms with Crippen molar-refractivity contribution in [1.82, 2.24) is 24.1 Å². The van der Waals surface area contributed by atoms with Gasteiger partial charge in [-0.3, -0.25) is 4.57 Å². The first-order chi connectivity index (χ1) is 27.8. The van der Waals surface area contributed by atoms with Gasteiger partial charge in [0.2, 0.25) is 5.95 Å². The smallest absolute Gasteiger partial charge is 0.238 e. The van der Waals surface area contributed by atoms with Gasteiger partial charge < -0.3 is 4.57 Å². The van der Waals surface area contributed by atoms with Crippen molar-refractivity contribution in [2.75, 3.05) is 0 Å². The maximum absolute atomic E-state index is 5.43. The second-order valence-corrected chi connectivity index (χ2v) is 14.0. The van der Waals surface area contributed by atoms with Gasteiger partial charge in [0, 0.05) is 38.2 Å². The van der Waals surface area contributed by atoms with Crippen LogP contribution in [0.15, 0.2) is 200 Å². The van der Waals surface area contributed by atoms with E-state index in [0.29, 0.717) is 17.6 Å². The summed E-state index contributed by atoms with van der Waals surface area (Å²) in [5.41, 5.74) is 11.7. The molecule has 0 atom stereocenters. The van der Waals surface area contributed by atoms with E-state index in [-0.39, 0.29) is 0 Å². The molecule has 0 aliphatic carbocycles. The first kappa shape index (κ1) is 31.9. The Hall–Kier alpha value is -7.63. The van der Waals surface area contributed by atoms with E-state index < -0.39 is 0 Å². The van der Waals surface area contributed by atoms with Gasteiger partial charge in [-0.05, 0) is 47.0 Å². The van der Waals surface area contributed by atoms with Crippen molar-refractivity contribution in [2.45, 2.75) is 0 Å². The summed E-state index contributed by atoms with van der Waals surface area (Å²) < 4.78 is 4.56. The molecule has 0 amide bonds. The molecule has 5 heteroatoms. The van der Waals surface area contributed by atoms with E-state index in [0.717, 1.165) is 71.9 Å². The van der Waals surface area contributed by atoms with Crippen molar-refractivity contribution in [3.05, 3.63) is 200 Å². The van der Waals surface area contributed by atoms with Crippen LogP contribution in [0.5, 0.6) is 0 Å². The van der Waals surface area contributed by atoms with E-state index in [4.69, 9.17) is 15.0 Å². The number of hydrogen-bond donors (Lipinski definition) is 0. The van der Waals surface area contributed by atoms with E-state index in [1.54, 1.807) is 0 Å². The number of rotatable bonds is 6. The van der Waals surface area contributed by atoms with E-state index in [2.05, 4.69) is 203 Å². The number of benzene rings is 8. The Bertz CT molecular complexity index is 3180. The van der Waals surface area contributed by atoms with Gasteiger partial charge >= 0.3 is 0 Å². The molecule has 0 unspecified atom stereocenters. The lowest BCUT2D eigenvalue weighted by atomic mass is 10.0. The summed E-state index contributed by atoms with van der Waals surface area (Å²) in [5, 5.41) is 4.68. The minimum Gasteiger partial charge on any atom is -0.309 e. The number of aromatic nitrogens is 5. The zero-order chi connectivity index (χ0) is 37.0. The first-order valence-electron chi connectivity index (χ1n) is 18.9. The molecule has 0 saturated heterocycles. The maximum atomic E-state index is 5.43. The zero-order valence-electron chi connectivity index (χ0n) is 30.3. The van der Waals surface area contributed by atoms with Gasteiger partial charge in [-0.15, -0.1) is 0 Å². The molecule has 8 aromatic carbocycles. The molecule has 5 nitrogen and oxygen atoms in total. The van der Waals surface area contributed by atoms with E-state index in [1.165, 1.54) is 10.8 Å². The second kappa shape index (κ2) is 13.0. The zero-order valence-corrected chi connectivity index (χ0v) is 30.3. The molecule has 262 valence electrons. The molecular weight excluding hydrogens is 683 g/mol. The minimum atomic E-state index is 0.559. The molecule has 3 aromatic heterocycles. The number of nitrogens with zero attached hydrogens (tertiary/aromatic N) is 5. The molecule has 0 aliphatic heterocycles. The highest BCUT2D eigenvalue weighted by Gasteiger charge is 2.22. The summed E-state index contributed by atoms with van der Waals surface area (Å²) in [6, 6.07) is 70.2. The average Bonchev–Trinajstić information content (AvgIpc) is 3.80. The van der Waals surface area contributed by atoms with Gasteiger partial charge in [0.1, 0.15) is 0 Å². The van der Waals surface area contributed by atoms with Crippen LogP contribution in [0.1, 0.15) is 0 Å². The molecule has 11 rings (SSSR count). The Kier molecular flexibility index (Phi) is 7.42. The second-order valence-electron chi connectivity index (χ2n) is 14.0. The fraction of sp³-hybridized carbons (Fsp3) is 0. The summed E-state index contributed by atoms with van der Waals surface area (Å²) in [7, 11) is 0. The molecule has 0 aliphatic rings. The summed E-state index contributed by atoms with van der Waals surface area (Å²) in [4.78, 5) is 16.1. The van der Waals surface area contributed by atoms with Gasteiger partial charge in [0.25, 0.3) is 0 Å². The minimum absolute atomic E-state index is 0.559. The van der Waals surface area contributed by atoms with E-state index in [9.17, 15) is 0 Å². The number of para-hydroxylation sites is 5. The van der Waals surface area contributed by atoms with Gasteiger partial charge in [-0.2, -0.15) is 9.97 Å². The molecule has 0 N–H and O–H groups in total. The molecule has 11 aromatic rings. The highest BCUT2D eigenvalue weighted by atomic mass is 15.2. The van der Waals surface area contributed by atoms with Crippen molar-refractivity contribution < 1.29 is 0 Å². The molecule has 0 bridgehead atoms. The van der Waals surface area contributed by atoms with Crippen LogP contribution >= 0.6 is 0 Å². The van der Waals surface area contributed by atoms with Crippen molar-refractivity contribution in [1.29, 1.82) is 0 Å². The van der Waals surface area contributed by atoms with Gasteiger partial charge in [-0.25, -0.2) is 4.98 Å². The standard InChI is InChI=1S/C51H33N5/c1-3-16-34(17-4-1)35-30-32-37(33-31-35)49-52-50(43-23-10-14-29-47(43)55-44-26-11-7-20-39(44)40-21-8-12-27-45(40)55)54-51(53-49)56-46-28-13-9-22-41(46)42-25-15-24-38(48(42)56)36-18-5-2-6-19-36/h1-33H. The van der Waals surface area contributed by atoms with Crippen molar-refractivity contribution in [3.63, 3.8) is 0 Å². The van der Waals surface area contributed by atoms with Crippen LogP contribution in [0.4, 0.5) is 0 Å². The monoisotopic (exact) mass is 715 g/mol. The third kappa shape index (κ3) is 5.13. The highest BCUT2D eigenvalue weighted by molar-refractivity contribution is 6.14. The Labute approximate surface area is 323 Å². The first-order valence-corrected chi connectivity index (χ1v) is 18.9. The quantitative estimate of drug-likeness (QED) is 0.172. The Morgan fingerprint density at radius 3 is 1.43 bits per heavy atom. The van der Waals surface area contributed by atoms with Crippen LogP contribution in [0.2, 0.25) is 0 Å². The average molecular weight is 716 g/mol. The summed E-state index contributed by atoms with van der Waals surface area (Å²) in [6.07, 6.45) is 0. The van der Waals surface area contributed by atoms with Crippen molar-refractivity contribution in [2.24, 2.45) is 0 Å². The van der Waals surface area contributed by atoms with Crippen LogP contribution in [0.25, 0.3) is 100 Å². The van der Waals surface area contributed by atoms with Gasteiger partial charge in [0.15, 0.2) is 11.6 Å². The SMILES string of the molecule is c1ccc(-c2ccc(-c3nc(-c4ccccc4-n4c5ccccc5c5ccccc54)nc(-n4c5ccccc5c5cccc(-c6ccccc6)c54)n3)cc2)cc1. The predicted molar refractivity (Wildman–Crippen MR) is 230 cm³/mol. The predicted octanol–water partition coefficient (Wildman–Crippen LogP) is 12.7. The largest absolute Gasteiger partial charge is 0.309 e. The summed E-state index contributed by atoms with van der Waals surface area (Å²) in [6.45, 7) is 0. The lowest BCUT2D eigenvalue weighted by Gasteiger charge is -2.16. The van der Waals surface area contributed by atoms with Crippen LogP contribution in [0, 0.1) is 0 Å². The molecule has 0 spiro atoms. The summed E-state index contributed by atoms with van der Waals surface area (Å²) >= 11 is 0. The Balaban J connectivity index is 1.20. The van der Waals surface area contributed by atoms with Crippen molar-refractivity contribution >= 4 is 43.6 Å². The molecule has 0 saturated carbocycles. The number of hydrogen-bond acceptors (Lipinski definition) is 3. The maximum Gasteiger partial charge on any atom is 0.238 e. The normalized spacial score (nSPS) is 11.6. The van der Waals surface area contributed by atoms with Crippen LogP contribution in [-0.2, 0) is 0 Å². The summed E-state index contributed by atoms with van der Waals surface area (Å²) in [5.74, 6) is 1.76. The lowest BCUT2D eigenvalue weighted by Crippen LogP contribution is -2.08. The van der Waals surface area contributed by atoms with Gasteiger partial charge in [-0.1, -0.05) is 170 Å². The third-order valence-electron chi connectivity index (χ3n) is 10.8. The molecule has 56 heavy (non-hydrogen) atoms. The van der Waals surface area contributed by atoms with Gasteiger partial charge in [0.05, 0.1) is 27.8 Å². The molecule has 3 heterocycles. The van der Waals surface area contributed by atoms with Crippen LogP contribution in [-0.4, -0.2) is 24.1 Å². The topological polar surface area (TPSA) is 48.5 Å².